The van der Waals surface area contributed by atoms with Gasteiger partial charge in [-0.3, -0.25) is 0 Å². The van der Waals surface area contributed by atoms with Crippen LogP contribution in [0.4, 0.5) is 11.4 Å². The lowest BCUT2D eigenvalue weighted by atomic mass is 10.2. The first kappa shape index (κ1) is 12.9. The summed E-state index contributed by atoms with van der Waals surface area (Å²) in [5, 5.41) is 12.0. The standard InChI is InChI=1S/C14H10ClN3OS/c15-11-3-1-2-4-12(11)17-14(20)16-10-6-5-9-8-19-18-13(9)7-10/h1-8H,(H2,16,17,20). The number of nitrogens with zero attached hydrogens (tertiary/aromatic N) is 1. The van der Waals surface area contributed by atoms with Crippen molar-refractivity contribution >= 4 is 51.2 Å². The number of fused-ring (bicyclic) bond motifs is 1. The summed E-state index contributed by atoms with van der Waals surface area (Å²) >= 11 is 11.3. The molecule has 0 aliphatic heterocycles. The molecule has 0 saturated heterocycles. The minimum Gasteiger partial charge on any atom is -0.364 e. The molecule has 0 aliphatic rings. The van der Waals surface area contributed by atoms with Crippen molar-refractivity contribution in [2.45, 2.75) is 0 Å². The van der Waals surface area contributed by atoms with Gasteiger partial charge in [-0.15, -0.1) is 0 Å². The summed E-state index contributed by atoms with van der Waals surface area (Å²) in [6.07, 6.45) is 1.60. The molecule has 0 amide bonds. The Morgan fingerprint density at radius 3 is 2.85 bits per heavy atom. The molecule has 3 rings (SSSR count). The predicted molar refractivity (Wildman–Crippen MR) is 85.3 cm³/mol. The van der Waals surface area contributed by atoms with Gasteiger partial charge in [0.25, 0.3) is 0 Å². The molecule has 100 valence electrons. The minimum absolute atomic E-state index is 0.459. The molecule has 3 aromatic rings. The molecule has 4 nitrogen and oxygen atoms in total. The Kier molecular flexibility index (Phi) is 3.54. The van der Waals surface area contributed by atoms with E-state index >= 15 is 0 Å². The van der Waals surface area contributed by atoms with E-state index in [1.165, 1.54) is 0 Å². The van der Waals surface area contributed by atoms with Crippen molar-refractivity contribution < 1.29 is 4.52 Å². The fourth-order valence-corrected chi connectivity index (χ4v) is 2.20. The number of aromatic nitrogens is 1. The summed E-state index contributed by atoms with van der Waals surface area (Å²) in [5.74, 6) is 0. The van der Waals surface area contributed by atoms with E-state index in [2.05, 4.69) is 15.8 Å². The smallest absolute Gasteiger partial charge is 0.175 e. The number of hydrogen-bond acceptors (Lipinski definition) is 3. The van der Waals surface area contributed by atoms with Crippen LogP contribution >= 0.6 is 23.8 Å². The zero-order chi connectivity index (χ0) is 13.9. The summed E-state index contributed by atoms with van der Waals surface area (Å²) < 4.78 is 4.89. The van der Waals surface area contributed by atoms with E-state index in [1.54, 1.807) is 12.3 Å². The third-order valence-corrected chi connectivity index (χ3v) is 3.27. The van der Waals surface area contributed by atoms with Gasteiger partial charge in [-0.05, 0) is 42.5 Å². The molecule has 2 aromatic carbocycles. The average Bonchev–Trinajstić information content (AvgIpc) is 2.89. The number of para-hydroxylation sites is 1. The Balaban J connectivity index is 1.74. The Bertz CT molecular complexity index is 772. The number of benzene rings is 2. The van der Waals surface area contributed by atoms with E-state index in [-0.39, 0.29) is 0 Å². The van der Waals surface area contributed by atoms with E-state index in [9.17, 15) is 0 Å². The number of hydrogen-bond donors (Lipinski definition) is 2. The molecule has 0 atom stereocenters. The molecule has 2 N–H and O–H groups in total. The largest absolute Gasteiger partial charge is 0.364 e. The Morgan fingerprint density at radius 2 is 2.00 bits per heavy atom. The molecule has 0 aliphatic carbocycles. The fraction of sp³-hybridized carbons (Fsp3) is 0. The van der Waals surface area contributed by atoms with Crippen LogP contribution in [0.25, 0.3) is 10.9 Å². The van der Waals surface area contributed by atoms with Crippen LogP contribution in [0.3, 0.4) is 0 Å². The molecule has 0 saturated carbocycles. The Morgan fingerprint density at radius 1 is 1.15 bits per heavy atom. The fourth-order valence-electron chi connectivity index (χ4n) is 1.79. The first-order valence-corrected chi connectivity index (χ1v) is 6.68. The second kappa shape index (κ2) is 5.48. The van der Waals surface area contributed by atoms with E-state index in [0.717, 1.165) is 22.3 Å². The Hall–Kier alpha value is -2.11. The number of halogens is 1. The first-order chi connectivity index (χ1) is 9.72. The first-order valence-electron chi connectivity index (χ1n) is 5.89. The summed E-state index contributed by atoms with van der Waals surface area (Å²) in [5.41, 5.74) is 2.36. The highest BCUT2D eigenvalue weighted by Crippen LogP contribution is 2.21. The van der Waals surface area contributed by atoms with Gasteiger partial charge in [0.1, 0.15) is 11.8 Å². The van der Waals surface area contributed by atoms with Crippen molar-refractivity contribution in [2.24, 2.45) is 0 Å². The monoisotopic (exact) mass is 303 g/mol. The van der Waals surface area contributed by atoms with Crippen LogP contribution in [-0.2, 0) is 0 Å². The molecule has 0 unspecified atom stereocenters. The van der Waals surface area contributed by atoms with Crippen molar-refractivity contribution in [2.75, 3.05) is 10.6 Å². The Labute approximate surface area is 125 Å². The number of thiocarbonyl (C=S) groups is 1. The van der Waals surface area contributed by atoms with E-state index < -0.39 is 0 Å². The highest BCUT2D eigenvalue weighted by atomic mass is 35.5. The molecular formula is C14H10ClN3OS. The number of nitrogens with one attached hydrogen (secondary N) is 2. The maximum Gasteiger partial charge on any atom is 0.175 e. The maximum absolute atomic E-state index is 6.06. The highest BCUT2D eigenvalue weighted by Gasteiger charge is 2.04. The lowest BCUT2D eigenvalue weighted by Crippen LogP contribution is -2.19. The van der Waals surface area contributed by atoms with Crippen LogP contribution in [0.2, 0.25) is 5.02 Å². The summed E-state index contributed by atoms with van der Waals surface area (Å²) in [6, 6.07) is 13.1. The second-order valence-electron chi connectivity index (χ2n) is 4.15. The van der Waals surface area contributed by atoms with Crippen molar-refractivity contribution in [3.8, 4) is 0 Å². The highest BCUT2D eigenvalue weighted by molar-refractivity contribution is 7.80. The number of anilines is 2. The van der Waals surface area contributed by atoms with E-state index in [4.69, 9.17) is 28.3 Å². The van der Waals surface area contributed by atoms with Crippen molar-refractivity contribution in [1.29, 1.82) is 0 Å². The van der Waals surface area contributed by atoms with E-state index in [1.807, 2.05) is 36.4 Å². The third kappa shape index (κ3) is 2.74. The molecule has 6 heteroatoms. The lowest BCUT2D eigenvalue weighted by Gasteiger charge is -2.11. The van der Waals surface area contributed by atoms with Gasteiger partial charge in [0.05, 0.1) is 10.7 Å². The minimum atomic E-state index is 0.459. The van der Waals surface area contributed by atoms with E-state index in [0.29, 0.717) is 10.1 Å². The SMILES string of the molecule is S=C(Nc1ccc2conc2c1)Nc1ccccc1Cl. The molecule has 0 radical (unpaired) electrons. The molecule has 0 bridgehead atoms. The van der Waals surface area contributed by atoms with Gasteiger partial charge in [-0.25, -0.2) is 0 Å². The van der Waals surface area contributed by atoms with Crippen LogP contribution in [0.5, 0.6) is 0 Å². The topological polar surface area (TPSA) is 50.1 Å². The number of rotatable bonds is 2. The molecule has 20 heavy (non-hydrogen) atoms. The van der Waals surface area contributed by atoms with Crippen molar-refractivity contribution in [1.82, 2.24) is 5.16 Å². The average molecular weight is 304 g/mol. The van der Waals surface area contributed by atoms with Crippen LogP contribution in [0, 0.1) is 0 Å². The molecular weight excluding hydrogens is 294 g/mol. The summed E-state index contributed by atoms with van der Waals surface area (Å²) in [7, 11) is 0. The van der Waals surface area contributed by atoms with Crippen LogP contribution in [0.1, 0.15) is 0 Å². The van der Waals surface area contributed by atoms with Gasteiger partial charge >= 0.3 is 0 Å². The van der Waals surface area contributed by atoms with Gasteiger partial charge in [0.2, 0.25) is 0 Å². The zero-order valence-corrected chi connectivity index (χ0v) is 11.8. The van der Waals surface area contributed by atoms with Gasteiger partial charge in [-0.1, -0.05) is 28.9 Å². The van der Waals surface area contributed by atoms with Crippen LogP contribution in [-0.4, -0.2) is 10.3 Å². The zero-order valence-electron chi connectivity index (χ0n) is 10.3. The normalized spacial score (nSPS) is 10.4. The molecule has 1 aromatic heterocycles. The van der Waals surface area contributed by atoms with Crippen molar-refractivity contribution in [3.05, 3.63) is 53.8 Å². The lowest BCUT2D eigenvalue weighted by molar-refractivity contribution is 0.428. The summed E-state index contributed by atoms with van der Waals surface area (Å²) in [4.78, 5) is 0. The van der Waals surface area contributed by atoms with Crippen molar-refractivity contribution in [3.63, 3.8) is 0 Å². The molecule has 0 spiro atoms. The second-order valence-corrected chi connectivity index (χ2v) is 4.96. The predicted octanol–water partition coefficient (Wildman–Crippen LogP) is 4.29. The van der Waals surface area contributed by atoms with Gasteiger partial charge in [0, 0.05) is 11.1 Å². The molecule has 0 fully saturated rings. The third-order valence-electron chi connectivity index (χ3n) is 2.74. The maximum atomic E-state index is 6.06. The van der Waals surface area contributed by atoms with Crippen LogP contribution < -0.4 is 10.6 Å². The van der Waals surface area contributed by atoms with Gasteiger partial charge in [0.15, 0.2) is 5.11 Å². The van der Waals surface area contributed by atoms with Gasteiger partial charge in [-0.2, -0.15) is 0 Å². The molecule has 1 heterocycles. The van der Waals surface area contributed by atoms with Gasteiger partial charge < -0.3 is 15.2 Å². The van der Waals surface area contributed by atoms with Crippen LogP contribution in [0.15, 0.2) is 53.3 Å². The summed E-state index contributed by atoms with van der Waals surface area (Å²) in [6.45, 7) is 0. The quantitative estimate of drug-likeness (QED) is 0.692.